The standard InChI is InChI=1S/C9H9ClN2OS/c1-13-6-2-3-7-8(4-6)12-9(11-7)14-5-10/h2-4H,5H2,1H3,(H,11,12). The minimum atomic E-state index is 0.497. The third-order valence-corrected chi connectivity index (χ3v) is 2.76. The van der Waals surface area contributed by atoms with E-state index in [-0.39, 0.29) is 0 Å². The fourth-order valence-electron chi connectivity index (χ4n) is 1.21. The van der Waals surface area contributed by atoms with E-state index in [0.717, 1.165) is 21.9 Å². The van der Waals surface area contributed by atoms with Crippen LogP contribution in [0, 0.1) is 0 Å². The van der Waals surface area contributed by atoms with Crippen molar-refractivity contribution < 1.29 is 4.74 Å². The number of methoxy groups -OCH3 is 1. The summed E-state index contributed by atoms with van der Waals surface area (Å²) in [5.41, 5.74) is 1.90. The number of aromatic nitrogens is 2. The van der Waals surface area contributed by atoms with Gasteiger partial charge >= 0.3 is 0 Å². The Morgan fingerprint density at radius 2 is 2.43 bits per heavy atom. The molecule has 0 bridgehead atoms. The van der Waals surface area contributed by atoms with Gasteiger partial charge in [-0.15, -0.1) is 11.6 Å². The van der Waals surface area contributed by atoms with Crippen molar-refractivity contribution in [3.63, 3.8) is 0 Å². The van der Waals surface area contributed by atoms with E-state index < -0.39 is 0 Å². The average molecular weight is 229 g/mol. The van der Waals surface area contributed by atoms with Gasteiger partial charge in [-0.3, -0.25) is 0 Å². The molecular weight excluding hydrogens is 220 g/mol. The summed E-state index contributed by atoms with van der Waals surface area (Å²) in [5, 5.41) is 1.33. The number of alkyl halides is 1. The van der Waals surface area contributed by atoms with Crippen LogP contribution < -0.4 is 4.74 Å². The van der Waals surface area contributed by atoms with Gasteiger partial charge in [0.1, 0.15) is 5.75 Å². The number of imidazole rings is 1. The van der Waals surface area contributed by atoms with Gasteiger partial charge in [0.25, 0.3) is 0 Å². The Kier molecular flexibility index (Phi) is 2.84. The Bertz CT molecular complexity index is 443. The molecule has 0 atom stereocenters. The Balaban J connectivity index is 2.43. The lowest BCUT2D eigenvalue weighted by atomic mass is 10.3. The van der Waals surface area contributed by atoms with Gasteiger partial charge in [0.2, 0.25) is 0 Å². The van der Waals surface area contributed by atoms with Gasteiger partial charge in [-0.25, -0.2) is 4.98 Å². The van der Waals surface area contributed by atoms with Crippen LogP contribution in [0.5, 0.6) is 5.75 Å². The number of H-pyrrole nitrogens is 1. The molecule has 0 unspecified atom stereocenters. The molecule has 0 aliphatic heterocycles. The first-order chi connectivity index (χ1) is 6.83. The predicted octanol–water partition coefficient (Wildman–Crippen LogP) is 2.86. The number of rotatable bonds is 3. The first-order valence-electron chi connectivity index (χ1n) is 4.06. The summed E-state index contributed by atoms with van der Waals surface area (Å²) in [6, 6.07) is 5.72. The fraction of sp³-hybridized carbons (Fsp3) is 0.222. The van der Waals surface area contributed by atoms with Gasteiger partial charge < -0.3 is 9.72 Å². The van der Waals surface area contributed by atoms with E-state index in [2.05, 4.69) is 9.97 Å². The molecule has 2 aromatic rings. The van der Waals surface area contributed by atoms with Gasteiger partial charge in [0, 0.05) is 6.07 Å². The number of fused-ring (bicyclic) bond motifs is 1. The summed E-state index contributed by atoms with van der Waals surface area (Å²) in [4.78, 5) is 7.50. The lowest BCUT2D eigenvalue weighted by Crippen LogP contribution is -1.81. The van der Waals surface area contributed by atoms with Crippen molar-refractivity contribution in [1.29, 1.82) is 0 Å². The number of hydrogen-bond acceptors (Lipinski definition) is 3. The Morgan fingerprint density at radius 3 is 3.14 bits per heavy atom. The molecule has 1 aromatic carbocycles. The zero-order chi connectivity index (χ0) is 9.97. The molecule has 1 N–H and O–H groups in total. The monoisotopic (exact) mass is 228 g/mol. The lowest BCUT2D eigenvalue weighted by Gasteiger charge is -1.96. The van der Waals surface area contributed by atoms with Crippen LogP contribution in [0.3, 0.4) is 0 Å². The molecule has 0 saturated carbocycles. The maximum Gasteiger partial charge on any atom is 0.167 e. The van der Waals surface area contributed by atoms with Gasteiger partial charge in [0.05, 0.1) is 23.4 Å². The van der Waals surface area contributed by atoms with Crippen molar-refractivity contribution in [3.8, 4) is 5.75 Å². The fourth-order valence-corrected chi connectivity index (χ4v) is 1.97. The van der Waals surface area contributed by atoms with Crippen molar-refractivity contribution in [2.45, 2.75) is 5.16 Å². The number of aromatic amines is 1. The van der Waals surface area contributed by atoms with Gasteiger partial charge in [0.15, 0.2) is 5.16 Å². The maximum absolute atomic E-state index is 5.60. The van der Waals surface area contributed by atoms with Gasteiger partial charge in [-0.2, -0.15) is 0 Å². The molecule has 3 nitrogen and oxygen atoms in total. The molecule has 0 aliphatic carbocycles. The highest BCUT2D eigenvalue weighted by Crippen LogP contribution is 2.23. The topological polar surface area (TPSA) is 37.9 Å². The molecule has 0 amide bonds. The zero-order valence-electron chi connectivity index (χ0n) is 7.58. The molecule has 1 heterocycles. The number of nitrogens with zero attached hydrogens (tertiary/aromatic N) is 1. The Morgan fingerprint density at radius 1 is 1.57 bits per heavy atom. The smallest absolute Gasteiger partial charge is 0.167 e. The molecule has 0 spiro atoms. The van der Waals surface area contributed by atoms with Crippen LogP contribution in [0.2, 0.25) is 0 Å². The van der Waals surface area contributed by atoms with E-state index in [0.29, 0.717) is 5.21 Å². The van der Waals surface area contributed by atoms with Crippen LogP contribution in [0.15, 0.2) is 23.4 Å². The zero-order valence-corrected chi connectivity index (χ0v) is 9.15. The van der Waals surface area contributed by atoms with E-state index in [1.54, 1.807) is 7.11 Å². The lowest BCUT2D eigenvalue weighted by molar-refractivity contribution is 0.415. The number of hydrogen-bond donors (Lipinski definition) is 1. The second-order valence-corrected chi connectivity index (χ2v) is 4.23. The molecule has 2 rings (SSSR count). The number of thioether (sulfide) groups is 1. The first kappa shape index (κ1) is 9.68. The third-order valence-electron chi connectivity index (χ3n) is 1.86. The van der Waals surface area contributed by atoms with Crippen LogP contribution >= 0.6 is 23.4 Å². The van der Waals surface area contributed by atoms with E-state index in [4.69, 9.17) is 16.3 Å². The number of benzene rings is 1. The second-order valence-electron chi connectivity index (χ2n) is 2.68. The summed E-state index contributed by atoms with van der Waals surface area (Å²) >= 11 is 7.07. The van der Waals surface area contributed by atoms with Crippen LogP contribution in [0.1, 0.15) is 0 Å². The summed E-state index contributed by atoms with van der Waals surface area (Å²) in [7, 11) is 1.64. The maximum atomic E-state index is 5.60. The summed E-state index contributed by atoms with van der Waals surface area (Å²) < 4.78 is 5.11. The molecule has 0 saturated heterocycles. The molecular formula is C9H9ClN2OS. The van der Waals surface area contributed by atoms with E-state index >= 15 is 0 Å². The summed E-state index contributed by atoms with van der Waals surface area (Å²) in [6.07, 6.45) is 0. The van der Waals surface area contributed by atoms with Crippen LogP contribution in [0.25, 0.3) is 11.0 Å². The molecule has 0 radical (unpaired) electrons. The van der Waals surface area contributed by atoms with Crippen LogP contribution in [0.4, 0.5) is 0 Å². The van der Waals surface area contributed by atoms with Crippen molar-refractivity contribution >= 4 is 34.4 Å². The number of nitrogens with one attached hydrogen (secondary N) is 1. The summed E-state index contributed by atoms with van der Waals surface area (Å²) in [6.45, 7) is 0. The van der Waals surface area contributed by atoms with Crippen LogP contribution in [-0.2, 0) is 0 Å². The minimum absolute atomic E-state index is 0.497. The summed E-state index contributed by atoms with van der Waals surface area (Å²) in [5.74, 6) is 0.823. The van der Waals surface area contributed by atoms with Gasteiger partial charge in [-0.05, 0) is 12.1 Å². The van der Waals surface area contributed by atoms with Crippen molar-refractivity contribution in [2.24, 2.45) is 0 Å². The Labute approximate surface area is 90.8 Å². The highest BCUT2D eigenvalue weighted by molar-refractivity contribution is 8.00. The predicted molar refractivity (Wildman–Crippen MR) is 59.2 cm³/mol. The third kappa shape index (κ3) is 1.81. The molecule has 74 valence electrons. The number of halogens is 1. The van der Waals surface area contributed by atoms with E-state index in [1.807, 2.05) is 18.2 Å². The van der Waals surface area contributed by atoms with Crippen molar-refractivity contribution in [3.05, 3.63) is 18.2 Å². The quantitative estimate of drug-likeness (QED) is 0.649. The SMILES string of the molecule is COc1ccc2nc(SCCl)[nH]c2c1. The van der Waals surface area contributed by atoms with Crippen LogP contribution in [-0.4, -0.2) is 22.3 Å². The van der Waals surface area contributed by atoms with E-state index in [9.17, 15) is 0 Å². The van der Waals surface area contributed by atoms with Gasteiger partial charge in [-0.1, -0.05) is 11.8 Å². The molecule has 14 heavy (non-hydrogen) atoms. The Hall–Kier alpha value is -0.870. The highest BCUT2D eigenvalue weighted by atomic mass is 35.5. The average Bonchev–Trinajstić information content (AvgIpc) is 2.59. The van der Waals surface area contributed by atoms with Crippen molar-refractivity contribution in [1.82, 2.24) is 9.97 Å². The first-order valence-corrected chi connectivity index (χ1v) is 5.58. The van der Waals surface area contributed by atoms with Crippen molar-refractivity contribution in [2.75, 3.05) is 12.3 Å². The largest absolute Gasteiger partial charge is 0.497 e. The minimum Gasteiger partial charge on any atom is -0.497 e. The van der Waals surface area contributed by atoms with E-state index in [1.165, 1.54) is 11.8 Å². The molecule has 1 aromatic heterocycles. The number of ether oxygens (including phenoxy) is 1. The molecule has 0 aliphatic rings. The molecule has 5 heteroatoms. The second kappa shape index (κ2) is 4.11. The normalized spacial score (nSPS) is 10.7. The highest BCUT2D eigenvalue weighted by Gasteiger charge is 2.03. The molecule has 0 fully saturated rings.